The third-order valence-electron chi connectivity index (χ3n) is 1.59. The fourth-order valence-corrected chi connectivity index (χ4v) is 2.67. The number of rotatable bonds is 2. The molecule has 0 aliphatic carbocycles. The van der Waals surface area contributed by atoms with Crippen LogP contribution in [0.3, 0.4) is 0 Å². The van der Waals surface area contributed by atoms with Gasteiger partial charge in [-0.15, -0.1) is 11.3 Å². The van der Waals surface area contributed by atoms with Gasteiger partial charge in [-0.25, -0.2) is 8.42 Å². The molecule has 1 aromatic rings. The first-order valence-electron chi connectivity index (χ1n) is 3.82. The van der Waals surface area contributed by atoms with E-state index in [1.165, 1.54) is 11.0 Å². The van der Waals surface area contributed by atoms with Crippen molar-refractivity contribution in [1.29, 1.82) is 0 Å². The highest BCUT2D eigenvalue weighted by Gasteiger charge is 2.15. The van der Waals surface area contributed by atoms with Crippen molar-refractivity contribution >= 4 is 27.1 Å². The van der Waals surface area contributed by atoms with Crippen molar-refractivity contribution in [3.63, 3.8) is 0 Å². The molecule has 0 bridgehead atoms. The molecule has 14 heavy (non-hydrogen) atoms. The second-order valence-electron chi connectivity index (χ2n) is 3.13. The quantitative estimate of drug-likeness (QED) is 0.761. The van der Waals surface area contributed by atoms with Gasteiger partial charge in [-0.3, -0.25) is 4.79 Å². The summed E-state index contributed by atoms with van der Waals surface area (Å²) in [6.07, 6.45) is 1.13. The minimum atomic E-state index is -3.19. The summed E-state index contributed by atoms with van der Waals surface area (Å²) in [5.74, 6) is -0.184. The molecule has 0 atom stereocenters. The Bertz CT molecular complexity index is 445. The van der Waals surface area contributed by atoms with Gasteiger partial charge in [-0.2, -0.15) is 0 Å². The molecule has 4 nitrogen and oxygen atoms in total. The van der Waals surface area contributed by atoms with Gasteiger partial charge in [0.25, 0.3) is 5.91 Å². The van der Waals surface area contributed by atoms with Crippen molar-refractivity contribution in [3.05, 3.63) is 17.0 Å². The summed E-state index contributed by atoms with van der Waals surface area (Å²) < 4.78 is 22.5. The van der Waals surface area contributed by atoms with Crippen molar-refractivity contribution in [2.24, 2.45) is 0 Å². The van der Waals surface area contributed by atoms with Crippen molar-refractivity contribution in [3.8, 4) is 0 Å². The maximum absolute atomic E-state index is 11.4. The van der Waals surface area contributed by atoms with Gasteiger partial charge >= 0.3 is 0 Å². The number of carbonyl (C=O) groups is 1. The molecular weight excluding hydrogens is 222 g/mol. The Morgan fingerprint density at radius 2 is 2.00 bits per heavy atom. The zero-order valence-corrected chi connectivity index (χ0v) is 9.78. The standard InChI is InChI=1S/C8H11NO3S2/c1-9(2)8(10)6-4-7(13-5-6)14(3,11)12/h4-5H,1-3H3. The smallest absolute Gasteiger partial charge is 0.254 e. The number of hydrogen-bond acceptors (Lipinski definition) is 4. The second kappa shape index (κ2) is 3.70. The highest BCUT2D eigenvalue weighted by Crippen LogP contribution is 2.20. The van der Waals surface area contributed by atoms with Gasteiger partial charge in [0.05, 0.1) is 5.56 Å². The molecule has 1 rings (SSSR count). The average Bonchev–Trinajstić information content (AvgIpc) is 2.49. The summed E-state index contributed by atoms with van der Waals surface area (Å²) in [6.45, 7) is 0. The van der Waals surface area contributed by atoms with E-state index in [4.69, 9.17) is 0 Å². The van der Waals surface area contributed by atoms with Gasteiger partial charge in [-0.05, 0) is 6.07 Å². The Balaban J connectivity index is 3.07. The summed E-state index contributed by atoms with van der Waals surface area (Å²) in [4.78, 5) is 12.8. The molecule has 0 saturated carbocycles. The lowest BCUT2D eigenvalue weighted by molar-refractivity contribution is 0.0828. The van der Waals surface area contributed by atoms with E-state index in [0.717, 1.165) is 17.6 Å². The van der Waals surface area contributed by atoms with Crippen molar-refractivity contribution in [2.45, 2.75) is 4.21 Å². The van der Waals surface area contributed by atoms with E-state index in [-0.39, 0.29) is 10.1 Å². The first kappa shape index (κ1) is 11.2. The average molecular weight is 233 g/mol. The summed E-state index contributed by atoms with van der Waals surface area (Å²) in [5.41, 5.74) is 0.417. The SMILES string of the molecule is CN(C)C(=O)c1csc(S(C)(=O)=O)c1. The Morgan fingerprint density at radius 3 is 2.36 bits per heavy atom. The Hall–Kier alpha value is -0.880. The number of amides is 1. The van der Waals surface area contributed by atoms with E-state index in [2.05, 4.69) is 0 Å². The summed E-state index contributed by atoms with van der Waals surface area (Å²) >= 11 is 1.07. The van der Waals surface area contributed by atoms with E-state index < -0.39 is 9.84 Å². The lowest BCUT2D eigenvalue weighted by Gasteiger charge is -2.07. The Kier molecular flexibility index (Phi) is 2.96. The molecule has 0 fully saturated rings. The van der Waals surface area contributed by atoms with E-state index >= 15 is 0 Å². The van der Waals surface area contributed by atoms with Gasteiger partial charge < -0.3 is 4.90 Å². The van der Waals surface area contributed by atoms with Crippen LogP contribution in [0.4, 0.5) is 0 Å². The van der Waals surface area contributed by atoms with Crippen LogP contribution < -0.4 is 0 Å². The molecule has 6 heteroatoms. The number of thiophene rings is 1. The fraction of sp³-hybridized carbons (Fsp3) is 0.375. The van der Waals surface area contributed by atoms with Crippen LogP contribution in [0.25, 0.3) is 0 Å². The molecule has 1 aromatic heterocycles. The predicted molar refractivity (Wildman–Crippen MR) is 55.4 cm³/mol. The van der Waals surface area contributed by atoms with Crippen LogP contribution in [0.1, 0.15) is 10.4 Å². The van der Waals surface area contributed by atoms with Gasteiger partial charge in [-0.1, -0.05) is 0 Å². The van der Waals surface area contributed by atoms with Crippen LogP contribution in [-0.2, 0) is 9.84 Å². The fourth-order valence-electron chi connectivity index (χ4n) is 0.881. The van der Waals surface area contributed by atoms with Crippen LogP contribution in [0.5, 0.6) is 0 Å². The molecule has 0 radical (unpaired) electrons. The molecule has 0 aliphatic rings. The maximum atomic E-state index is 11.4. The molecule has 0 N–H and O–H groups in total. The normalized spacial score (nSPS) is 11.4. The largest absolute Gasteiger partial charge is 0.345 e. The molecule has 0 aliphatic heterocycles. The number of nitrogens with zero attached hydrogens (tertiary/aromatic N) is 1. The van der Waals surface area contributed by atoms with Crippen LogP contribution >= 0.6 is 11.3 Å². The lowest BCUT2D eigenvalue weighted by Crippen LogP contribution is -2.20. The summed E-state index contributed by atoms with van der Waals surface area (Å²) in [7, 11) is 0.0568. The molecule has 0 aromatic carbocycles. The molecule has 1 heterocycles. The van der Waals surface area contributed by atoms with Gasteiger partial charge in [0.2, 0.25) is 0 Å². The first-order valence-corrected chi connectivity index (χ1v) is 6.59. The number of sulfone groups is 1. The van der Waals surface area contributed by atoms with E-state index in [1.54, 1.807) is 19.5 Å². The molecule has 0 saturated heterocycles. The van der Waals surface area contributed by atoms with Crippen LogP contribution in [-0.4, -0.2) is 39.6 Å². The number of carbonyl (C=O) groups excluding carboxylic acids is 1. The topological polar surface area (TPSA) is 54.5 Å². The monoisotopic (exact) mass is 233 g/mol. The third kappa shape index (κ3) is 2.33. The van der Waals surface area contributed by atoms with E-state index in [0.29, 0.717) is 5.56 Å². The van der Waals surface area contributed by atoms with Crippen molar-refractivity contribution in [2.75, 3.05) is 20.4 Å². The Morgan fingerprint density at radius 1 is 1.43 bits per heavy atom. The third-order valence-corrected chi connectivity index (χ3v) is 4.36. The molecule has 1 amide bonds. The maximum Gasteiger partial charge on any atom is 0.254 e. The van der Waals surface area contributed by atoms with Crippen LogP contribution in [0.2, 0.25) is 0 Å². The number of hydrogen-bond donors (Lipinski definition) is 0. The molecular formula is C8H11NO3S2. The Labute approximate surface area is 87.1 Å². The minimum absolute atomic E-state index is 0.184. The molecule has 0 spiro atoms. The van der Waals surface area contributed by atoms with Gasteiger partial charge in [0, 0.05) is 25.7 Å². The van der Waals surface area contributed by atoms with Crippen molar-refractivity contribution < 1.29 is 13.2 Å². The molecule has 0 unspecified atom stereocenters. The minimum Gasteiger partial charge on any atom is -0.345 e. The summed E-state index contributed by atoms with van der Waals surface area (Å²) in [6, 6.07) is 1.41. The molecule has 78 valence electrons. The summed E-state index contributed by atoms with van der Waals surface area (Å²) in [5, 5.41) is 1.55. The first-order chi connectivity index (χ1) is 6.32. The highest BCUT2D eigenvalue weighted by atomic mass is 32.2. The van der Waals surface area contributed by atoms with Crippen LogP contribution in [0, 0.1) is 0 Å². The van der Waals surface area contributed by atoms with Crippen molar-refractivity contribution in [1.82, 2.24) is 4.90 Å². The van der Waals surface area contributed by atoms with E-state index in [1.807, 2.05) is 0 Å². The van der Waals surface area contributed by atoms with Crippen LogP contribution in [0.15, 0.2) is 15.7 Å². The van der Waals surface area contributed by atoms with E-state index in [9.17, 15) is 13.2 Å². The van der Waals surface area contributed by atoms with Gasteiger partial charge in [0.1, 0.15) is 4.21 Å². The zero-order chi connectivity index (χ0) is 10.9. The zero-order valence-electron chi connectivity index (χ0n) is 8.14. The second-order valence-corrected chi connectivity index (χ2v) is 6.28. The predicted octanol–water partition coefficient (Wildman–Crippen LogP) is 0.853. The highest BCUT2D eigenvalue weighted by molar-refractivity contribution is 7.92. The van der Waals surface area contributed by atoms with Gasteiger partial charge in [0.15, 0.2) is 9.84 Å². The lowest BCUT2D eigenvalue weighted by atomic mass is 10.3.